The number of hydrogen-bond donors (Lipinski definition) is 2. The van der Waals surface area contributed by atoms with Gasteiger partial charge in [-0.25, -0.2) is 0 Å². The Hall–Kier alpha value is -3.28. The average Bonchev–Trinajstić information content (AvgIpc) is 3.10. The highest BCUT2D eigenvalue weighted by atomic mass is 16.5. The summed E-state index contributed by atoms with van der Waals surface area (Å²) in [5.74, 6) is 1.32. The highest BCUT2D eigenvalue weighted by Crippen LogP contribution is 2.35. The van der Waals surface area contributed by atoms with Crippen LogP contribution in [0.2, 0.25) is 0 Å². The molecule has 0 spiro atoms. The van der Waals surface area contributed by atoms with Crippen LogP contribution in [0.15, 0.2) is 48.5 Å². The molecule has 0 atom stereocenters. The third kappa shape index (κ3) is 4.11. The fourth-order valence-corrected chi connectivity index (χ4v) is 2.96. The summed E-state index contributed by atoms with van der Waals surface area (Å²) in [4.78, 5) is 12.7. The number of para-hydroxylation sites is 1. The van der Waals surface area contributed by atoms with Crippen molar-refractivity contribution in [1.29, 1.82) is 0 Å². The number of hydrogen-bond acceptors (Lipinski definition) is 4. The van der Waals surface area contributed by atoms with Crippen LogP contribution in [-0.4, -0.2) is 30.3 Å². The van der Waals surface area contributed by atoms with E-state index in [0.29, 0.717) is 17.1 Å². The molecule has 0 aliphatic carbocycles. The minimum atomic E-state index is -0.115. The summed E-state index contributed by atoms with van der Waals surface area (Å²) in [6.07, 6.45) is 0.966. The maximum absolute atomic E-state index is 12.7. The van der Waals surface area contributed by atoms with E-state index in [1.807, 2.05) is 55.5 Å². The molecule has 0 saturated heterocycles. The Kier molecular flexibility index (Phi) is 5.76. The summed E-state index contributed by atoms with van der Waals surface area (Å²) >= 11 is 0. The van der Waals surface area contributed by atoms with Crippen molar-refractivity contribution in [2.75, 3.05) is 19.5 Å². The number of benzene rings is 2. The van der Waals surface area contributed by atoms with Crippen LogP contribution in [0.4, 0.5) is 5.69 Å². The second kappa shape index (κ2) is 8.40. The van der Waals surface area contributed by atoms with Crippen molar-refractivity contribution in [3.05, 3.63) is 59.8 Å². The van der Waals surface area contributed by atoms with Crippen molar-refractivity contribution in [2.24, 2.45) is 0 Å². The maximum atomic E-state index is 12.7. The summed E-state index contributed by atoms with van der Waals surface area (Å²) in [5, 5.41) is 10.5. The monoisotopic (exact) mass is 365 g/mol. The van der Waals surface area contributed by atoms with Gasteiger partial charge >= 0.3 is 0 Å². The van der Waals surface area contributed by atoms with Crippen LogP contribution >= 0.6 is 0 Å². The van der Waals surface area contributed by atoms with E-state index in [4.69, 9.17) is 9.47 Å². The van der Waals surface area contributed by atoms with Crippen molar-refractivity contribution in [3.63, 3.8) is 0 Å². The molecule has 0 radical (unpaired) electrons. The number of nitrogens with one attached hydrogen (secondary N) is 2. The van der Waals surface area contributed by atoms with Crippen LogP contribution in [0.1, 0.15) is 18.2 Å². The number of methoxy groups -OCH3 is 2. The van der Waals surface area contributed by atoms with Gasteiger partial charge in [0, 0.05) is 5.56 Å². The number of ether oxygens (including phenoxy) is 2. The smallest absolute Gasteiger partial charge is 0.228 e. The molecule has 6 nitrogen and oxygen atoms in total. The Morgan fingerprint density at radius 1 is 1.11 bits per heavy atom. The molecule has 0 fully saturated rings. The lowest BCUT2D eigenvalue weighted by atomic mass is 10.1. The van der Waals surface area contributed by atoms with Crippen LogP contribution in [0, 0.1) is 0 Å². The third-order valence-electron chi connectivity index (χ3n) is 4.32. The van der Waals surface area contributed by atoms with E-state index in [0.717, 1.165) is 29.0 Å². The fourth-order valence-electron chi connectivity index (χ4n) is 2.96. The number of carbonyl (C=O) groups excluding carboxylic acids is 1. The molecular weight excluding hydrogens is 342 g/mol. The first-order valence-electron chi connectivity index (χ1n) is 8.79. The number of nitrogens with zero attached hydrogens (tertiary/aromatic N) is 1. The lowest BCUT2D eigenvalue weighted by molar-refractivity contribution is -0.115. The van der Waals surface area contributed by atoms with Gasteiger partial charge in [0.05, 0.1) is 32.0 Å². The Labute approximate surface area is 158 Å². The predicted molar refractivity (Wildman–Crippen MR) is 105 cm³/mol. The van der Waals surface area contributed by atoms with Crippen molar-refractivity contribution < 1.29 is 14.3 Å². The Bertz CT molecular complexity index is 934. The minimum Gasteiger partial charge on any atom is -0.497 e. The quantitative estimate of drug-likeness (QED) is 0.667. The van der Waals surface area contributed by atoms with E-state index in [9.17, 15) is 4.79 Å². The molecule has 140 valence electrons. The first kappa shape index (κ1) is 18.5. The Morgan fingerprint density at radius 3 is 2.67 bits per heavy atom. The lowest BCUT2D eigenvalue weighted by Gasteiger charge is -2.11. The molecule has 2 N–H and O–H groups in total. The van der Waals surface area contributed by atoms with Crippen molar-refractivity contribution in [3.8, 4) is 22.8 Å². The van der Waals surface area contributed by atoms with E-state index in [1.54, 1.807) is 14.2 Å². The number of aromatic nitrogens is 2. The van der Waals surface area contributed by atoms with Gasteiger partial charge in [-0.2, -0.15) is 5.10 Å². The Balaban J connectivity index is 1.87. The second-order valence-electron chi connectivity index (χ2n) is 6.06. The molecule has 6 heteroatoms. The number of carbonyl (C=O) groups is 1. The van der Waals surface area contributed by atoms with Gasteiger partial charge in [0.2, 0.25) is 5.91 Å². The summed E-state index contributed by atoms with van der Waals surface area (Å²) in [5.41, 5.74) is 3.94. The summed E-state index contributed by atoms with van der Waals surface area (Å²) in [6.45, 7) is 2.01. The van der Waals surface area contributed by atoms with Crippen LogP contribution in [0.25, 0.3) is 11.3 Å². The molecule has 0 unspecified atom stereocenters. The summed E-state index contributed by atoms with van der Waals surface area (Å²) < 4.78 is 10.7. The van der Waals surface area contributed by atoms with Gasteiger partial charge in [0.1, 0.15) is 17.2 Å². The zero-order valence-electron chi connectivity index (χ0n) is 15.7. The van der Waals surface area contributed by atoms with Gasteiger partial charge in [-0.15, -0.1) is 0 Å². The first-order valence-corrected chi connectivity index (χ1v) is 8.79. The van der Waals surface area contributed by atoms with E-state index >= 15 is 0 Å². The second-order valence-corrected chi connectivity index (χ2v) is 6.06. The van der Waals surface area contributed by atoms with Gasteiger partial charge in [0.15, 0.2) is 0 Å². The maximum Gasteiger partial charge on any atom is 0.228 e. The highest BCUT2D eigenvalue weighted by molar-refractivity contribution is 5.97. The fraction of sp³-hybridized carbons (Fsp3) is 0.238. The molecule has 2 aromatic carbocycles. The van der Waals surface area contributed by atoms with Crippen LogP contribution < -0.4 is 14.8 Å². The summed E-state index contributed by atoms with van der Waals surface area (Å²) in [7, 11) is 3.23. The highest BCUT2D eigenvalue weighted by Gasteiger charge is 2.19. The van der Waals surface area contributed by atoms with Crippen LogP contribution in [-0.2, 0) is 17.6 Å². The first-order chi connectivity index (χ1) is 13.2. The van der Waals surface area contributed by atoms with E-state index in [1.165, 1.54) is 0 Å². The van der Waals surface area contributed by atoms with Crippen LogP contribution in [0.5, 0.6) is 11.5 Å². The number of aromatic amines is 1. The van der Waals surface area contributed by atoms with Crippen molar-refractivity contribution in [1.82, 2.24) is 10.2 Å². The average molecular weight is 365 g/mol. The Morgan fingerprint density at radius 2 is 1.93 bits per heavy atom. The zero-order chi connectivity index (χ0) is 19.2. The molecule has 1 amide bonds. The molecule has 27 heavy (non-hydrogen) atoms. The molecule has 1 aromatic heterocycles. The zero-order valence-corrected chi connectivity index (χ0v) is 15.7. The number of amides is 1. The molecule has 0 bridgehead atoms. The SMILES string of the molecule is CCc1[nH]nc(-c2ccccc2OC)c1NC(=O)Cc1cccc(OC)c1. The number of aryl methyl sites for hydroxylation is 1. The number of H-pyrrole nitrogens is 1. The van der Waals surface area contributed by atoms with Crippen LogP contribution in [0.3, 0.4) is 0 Å². The number of anilines is 1. The van der Waals surface area contributed by atoms with Gasteiger partial charge in [-0.05, 0) is 36.2 Å². The van der Waals surface area contributed by atoms with Gasteiger partial charge < -0.3 is 14.8 Å². The van der Waals surface area contributed by atoms with Crippen molar-refractivity contribution in [2.45, 2.75) is 19.8 Å². The molecule has 3 rings (SSSR count). The lowest BCUT2D eigenvalue weighted by Crippen LogP contribution is -2.15. The topological polar surface area (TPSA) is 76.2 Å². The predicted octanol–water partition coefficient (Wildman–Crippen LogP) is 3.84. The van der Waals surface area contributed by atoms with E-state index in [-0.39, 0.29) is 12.3 Å². The standard InChI is InChI=1S/C21H23N3O3/c1-4-17-21(20(24-23-17)16-10-5-6-11-18(16)27-3)22-19(25)13-14-8-7-9-15(12-14)26-2/h5-12H,4,13H2,1-3H3,(H,22,25)(H,23,24). The van der Waals surface area contributed by atoms with Gasteiger partial charge in [-0.3, -0.25) is 9.89 Å². The number of rotatable bonds is 7. The molecule has 3 aromatic rings. The molecular formula is C21H23N3O3. The summed E-state index contributed by atoms with van der Waals surface area (Å²) in [6, 6.07) is 15.1. The molecule has 0 saturated carbocycles. The normalized spacial score (nSPS) is 10.5. The molecule has 1 heterocycles. The largest absolute Gasteiger partial charge is 0.497 e. The molecule has 0 aliphatic heterocycles. The molecule has 0 aliphatic rings. The van der Waals surface area contributed by atoms with E-state index < -0.39 is 0 Å². The third-order valence-corrected chi connectivity index (χ3v) is 4.32. The van der Waals surface area contributed by atoms with E-state index in [2.05, 4.69) is 15.5 Å². The van der Waals surface area contributed by atoms with Crippen molar-refractivity contribution >= 4 is 11.6 Å². The van der Waals surface area contributed by atoms with Gasteiger partial charge in [0.25, 0.3) is 0 Å². The van der Waals surface area contributed by atoms with Gasteiger partial charge in [-0.1, -0.05) is 31.2 Å². The minimum absolute atomic E-state index is 0.115.